The normalized spacial score (nSPS) is 15.6. The van der Waals surface area contributed by atoms with Crippen LogP contribution in [0.15, 0.2) is 27.2 Å². The Bertz CT molecular complexity index is 880. The van der Waals surface area contributed by atoms with E-state index in [1.54, 1.807) is 25.1 Å². The van der Waals surface area contributed by atoms with Gasteiger partial charge in [-0.1, -0.05) is 39.6 Å². The van der Waals surface area contributed by atoms with Gasteiger partial charge in [0.1, 0.15) is 11.5 Å². The quantitative estimate of drug-likeness (QED) is 0.723. The van der Waals surface area contributed by atoms with Gasteiger partial charge in [-0.05, 0) is 45.0 Å². The average Bonchev–Trinajstić information content (AvgIpc) is 3.23. The first-order valence-electron chi connectivity index (χ1n) is 8.10. The van der Waals surface area contributed by atoms with Gasteiger partial charge in [0.05, 0.1) is 15.6 Å². The first-order valence-corrected chi connectivity index (χ1v) is 8.86. The molecule has 1 aliphatic heterocycles. The molecule has 130 valence electrons. The molecular formula is C17H16Cl2N4O2. The van der Waals surface area contributed by atoms with Gasteiger partial charge in [0.15, 0.2) is 0 Å². The van der Waals surface area contributed by atoms with Gasteiger partial charge in [-0.2, -0.15) is 4.98 Å². The lowest BCUT2D eigenvalue weighted by Crippen LogP contribution is -2.26. The molecule has 25 heavy (non-hydrogen) atoms. The van der Waals surface area contributed by atoms with Crippen LogP contribution in [0.5, 0.6) is 0 Å². The van der Waals surface area contributed by atoms with Crippen LogP contribution < -0.4 is 5.32 Å². The molecule has 2 aromatic heterocycles. The number of nitrogens with zero attached hydrogens (tertiary/aromatic N) is 3. The van der Waals surface area contributed by atoms with E-state index in [1.807, 2.05) is 0 Å². The minimum Gasteiger partial charge on any atom is -0.360 e. The van der Waals surface area contributed by atoms with Crippen molar-refractivity contribution >= 4 is 23.2 Å². The SMILES string of the molecule is Cc1onc(-c2c(Cl)cccc2Cl)c1-c1noc(C2CCNCC2)n1. The molecule has 4 rings (SSSR count). The molecule has 0 spiro atoms. The molecule has 0 bridgehead atoms. The number of hydrogen-bond acceptors (Lipinski definition) is 6. The van der Waals surface area contributed by atoms with Gasteiger partial charge in [0, 0.05) is 11.5 Å². The van der Waals surface area contributed by atoms with E-state index in [1.165, 1.54) is 0 Å². The Hall–Kier alpha value is -1.89. The molecule has 1 saturated heterocycles. The number of rotatable bonds is 3. The molecule has 3 aromatic rings. The minimum atomic E-state index is 0.273. The van der Waals surface area contributed by atoms with Crippen molar-refractivity contribution in [1.29, 1.82) is 0 Å². The summed E-state index contributed by atoms with van der Waals surface area (Å²) in [5.41, 5.74) is 1.77. The Morgan fingerprint density at radius 3 is 2.48 bits per heavy atom. The summed E-state index contributed by atoms with van der Waals surface area (Å²) in [5, 5.41) is 12.6. The summed E-state index contributed by atoms with van der Waals surface area (Å²) in [5.74, 6) is 1.95. The fourth-order valence-electron chi connectivity index (χ4n) is 3.10. The van der Waals surface area contributed by atoms with Gasteiger partial charge >= 0.3 is 0 Å². The standard InChI is InChI=1S/C17H16Cl2N4O2/c1-9-13(15(22-24-9)14-11(18)3-2-4-12(14)19)16-21-17(25-23-16)10-5-7-20-8-6-10/h2-4,10,20H,5-8H2,1H3. The molecule has 1 aromatic carbocycles. The zero-order valence-electron chi connectivity index (χ0n) is 13.6. The minimum absolute atomic E-state index is 0.273. The first kappa shape index (κ1) is 16.6. The summed E-state index contributed by atoms with van der Waals surface area (Å²) in [6.45, 7) is 3.71. The van der Waals surface area contributed by atoms with Crippen LogP contribution >= 0.6 is 23.2 Å². The summed E-state index contributed by atoms with van der Waals surface area (Å²) in [7, 11) is 0. The number of benzene rings is 1. The predicted molar refractivity (Wildman–Crippen MR) is 94.8 cm³/mol. The van der Waals surface area contributed by atoms with Crippen LogP contribution in [-0.4, -0.2) is 28.4 Å². The number of halogens is 2. The Labute approximate surface area is 154 Å². The van der Waals surface area contributed by atoms with Gasteiger partial charge in [-0.25, -0.2) is 0 Å². The van der Waals surface area contributed by atoms with Crippen molar-refractivity contribution in [3.8, 4) is 22.6 Å². The topological polar surface area (TPSA) is 77.0 Å². The van der Waals surface area contributed by atoms with Crippen molar-refractivity contribution < 1.29 is 9.05 Å². The first-order chi connectivity index (χ1) is 12.1. The summed E-state index contributed by atoms with van der Waals surface area (Å²) < 4.78 is 10.9. The van der Waals surface area contributed by atoms with Gasteiger partial charge in [-0.3, -0.25) is 0 Å². The van der Waals surface area contributed by atoms with E-state index in [0.717, 1.165) is 25.9 Å². The number of aromatic nitrogens is 3. The summed E-state index contributed by atoms with van der Waals surface area (Å²) in [6, 6.07) is 5.30. The highest BCUT2D eigenvalue weighted by Crippen LogP contribution is 2.40. The maximum Gasteiger partial charge on any atom is 0.230 e. The van der Waals surface area contributed by atoms with E-state index in [4.69, 9.17) is 32.2 Å². The van der Waals surface area contributed by atoms with Crippen molar-refractivity contribution in [2.75, 3.05) is 13.1 Å². The Kier molecular flexibility index (Phi) is 4.50. The van der Waals surface area contributed by atoms with E-state index < -0.39 is 0 Å². The molecular weight excluding hydrogens is 363 g/mol. The zero-order chi connectivity index (χ0) is 17.4. The smallest absolute Gasteiger partial charge is 0.230 e. The molecule has 0 radical (unpaired) electrons. The highest BCUT2D eigenvalue weighted by molar-refractivity contribution is 6.39. The molecule has 3 heterocycles. The lowest BCUT2D eigenvalue weighted by atomic mass is 9.98. The molecule has 8 heteroatoms. The number of piperidine rings is 1. The zero-order valence-corrected chi connectivity index (χ0v) is 15.1. The molecule has 0 amide bonds. The molecule has 0 aliphatic carbocycles. The highest BCUT2D eigenvalue weighted by Gasteiger charge is 2.27. The Morgan fingerprint density at radius 2 is 1.76 bits per heavy atom. The van der Waals surface area contributed by atoms with Crippen LogP contribution in [-0.2, 0) is 0 Å². The molecule has 0 unspecified atom stereocenters. The van der Waals surface area contributed by atoms with Crippen molar-refractivity contribution in [3.63, 3.8) is 0 Å². The molecule has 6 nitrogen and oxygen atoms in total. The van der Waals surface area contributed by atoms with Crippen molar-refractivity contribution in [3.05, 3.63) is 39.9 Å². The second-order valence-electron chi connectivity index (χ2n) is 6.04. The lowest BCUT2D eigenvalue weighted by molar-refractivity contribution is 0.320. The van der Waals surface area contributed by atoms with E-state index in [-0.39, 0.29) is 5.92 Å². The second kappa shape index (κ2) is 6.78. The second-order valence-corrected chi connectivity index (χ2v) is 6.85. The summed E-state index contributed by atoms with van der Waals surface area (Å²) >= 11 is 12.6. The van der Waals surface area contributed by atoms with Crippen molar-refractivity contribution in [2.45, 2.75) is 25.7 Å². The van der Waals surface area contributed by atoms with Gasteiger partial charge < -0.3 is 14.4 Å². The summed E-state index contributed by atoms with van der Waals surface area (Å²) in [6.07, 6.45) is 1.96. The van der Waals surface area contributed by atoms with Crippen LogP contribution in [0.1, 0.15) is 30.4 Å². The largest absolute Gasteiger partial charge is 0.360 e. The average molecular weight is 379 g/mol. The maximum absolute atomic E-state index is 6.32. The van der Waals surface area contributed by atoms with Gasteiger partial charge in [-0.15, -0.1) is 0 Å². The molecule has 1 fully saturated rings. The summed E-state index contributed by atoms with van der Waals surface area (Å²) in [4.78, 5) is 4.59. The van der Waals surface area contributed by atoms with Crippen LogP contribution in [0.2, 0.25) is 10.0 Å². The predicted octanol–water partition coefficient (Wildman–Crippen LogP) is 4.47. The lowest BCUT2D eigenvalue weighted by Gasteiger charge is -2.18. The van der Waals surface area contributed by atoms with E-state index in [2.05, 4.69) is 20.6 Å². The monoisotopic (exact) mass is 378 g/mol. The van der Waals surface area contributed by atoms with Crippen LogP contribution in [0, 0.1) is 6.92 Å². The maximum atomic E-state index is 6.32. The third kappa shape index (κ3) is 3.05. The molecule has 0 saturated carbocycles. The van der Waals surface area contributed by atoms with Crippen molar-refractivity contribution in [2.24, 2.45) is 0 Å². The van der Waals surface area contributed by atoms with Crippen molar-refractivity contribution in [1.82, 2.24) is 20.6 Å². The third-order valence-electron chi connectivity index (χ3n) is 4.42. The molecule has 1 N–H and O–H groups in total. The molecule has 1 aliphatic rings. The molecule has 0 atom stereocenters. The van der Waals surface area contributed by atoms with Crippen LogP contribution in [0.3, 0.4) is 0 Å². The number of hydrogen-bond donors (Lipinski definition) is 1. The fraction of sp³-hybridized carbons (Fsp3) is 0.353. The Morgan fingerprint density at radius 1 is 1.04 bits per heavy atom. The van der Waals surface area contributed by atoms with E-state index >= 15 is 0 Å². The van der Waals surface area contributed by atoms with Crippen LogP contribution in [0.25, 0.3) is 22.6 Å². The van der Waals surface area contributed by atoms with Gasteiger partial charge in [0.2, 0.25) is 11.7 Å². The van der Waals surface area contributed by atoms with E-state index in [0.29, 0.717) is 44.3 Å². The highest BCUT2D eigenvalue weighted by atomic mass is 35.5. The number of aryl methyl sites for hydroxylation is 1. The third-order valence-corrected chi connectivity index (χ3v) is 5.05. The van der Waals surface area contributed by atoms with Crippen LogP contribution in [0.4, 0.5) is 0 Å². The fourth-order valence-corrected chi connectivity index (χ4v) is 3.68. The van der Waals surface area contributed by atoms with Gasteiger partial charge in [0.25, 0.3) is 0 Å². The number of nitrogens with one attached hydrogen (secondary N) is 1. The Balaban J connectivity index is 1.77. The van der Waals surface area contributed by atoms with E-state index in [9.17, 15) is 0 Å².